The highest BCUT2D eigenvalue weighted by molar-refractivity contribution is 7.99. The Morgan fingerprint density at radius 1 is 1.53 bits per heavy atom. The summed E-state index contributed by atoms with van der Waals surface area (Å²) in [6.45, 7) is 1.56. The van der Waals surface area contributed by atoms with Crippen molar-refractivity contribution < 1.29 is 4.79 Å². The highest BCUT2D eigenvalue weighted by atomic mass is 32.2. The smallest absolute Gasteiger partial charge is 0.234 e. The molecular weight excluding hydrogens is 208 g/mol. The second kappa shape index (κ2) is 7.61. The van der Waals surface area contributed by atoms with Crippen LogP contribution in [0.15, 0.2) is 0 Å². The first kappa shape index (κ1) is 12.4. The van der Waals surface area contributed by atoms with Crippen molar-refractivity contribution >= 4 is 17.7 Å². The molecule has 0 spiro atoms. The number of nitrogens with one attached hydrogen (secondary N) is 2. The molecule has 0 aliphatic carbocycles. The van der Waals surface area contributed by atoms with Crippen molar-refractivity contribution in [2.45, 2.75) is 24.5 Å². The van der Waals surface area contributed by atoms with Gasteiger partial charge in [0, 0.05) is 11.8 Å². The largest absolute Gasteiger partial charge is 0.354 e. The van der Waals surface area contributed by atoms with E-state index in [1.807, 2.05) is 11.8 Å². The maximum Gasteiger partial charge on any atom is 0.234 e. The summed E-state index contributed by atoms with van der Waals surface area (Å²) < 4.78 is 0. The summed E-state index contributed by atoms with van der Waals surface area (Å²) in [4.78, 5) is 11.3. The molecule has 1 aliphatic rings. The number of hydrogen-bond donors (Lipinski definition) is 2. The molecule has 84 valence electrons. The molecule has 15 heavy (non-hydrogen) atoms. The standard InChI is InChI=1S/C11H18N2OS/c1-2-6-12-9-11(14)13-8-10-5-3-4-7-15-10/h1,10,12H,3-9H2,(H,13,14). The quantitative estimate of drug-likeness (QED) is 0.533. The Bertz CT molecular complexity index is 231. The third-order valence-corrected chi connectivity index (χ3v) is 3.71. The molecule has 1 heterocycles. The molecular formula is C11H18N2OS. The average molecular weight is 226 g/mol. The zero-order valence-electron chi connectivity index (χ0n) is 8.92. The van der Waals surface area contributed by atoms with Crippen LogP contribution in [0.2, 0.25) is 0 Å². The van der Waals surface area contributed by atoms with Gasteiger partial charge in [-0.15, -0.1) is 6.42 Å². The van der Waals surface area contributed by atoms with Gasteiger partial charge in [-0.25, -0.2) is 0 Å². The fourth-order valence-electron chi connectivity index (χ4n) is 1.51. The van der Waals surface area contributed by atoms with Gasteiger partial charge in [0.1, 0.15) is 0 Å². The second-order valence-corrected chi connectivity index (χ2v) is 5.01. The van der Waals surface area contributed by atoms with Crippen LogP contribution in [0.3, 0.4) is 0 Å². The van der Waals surface area contributed by atoms with Crippen molar-refractivity contribution in [2.75, 3.05) is 25.4 Å². The van der Waals surface area contributed by atoms with E-state index in [1.165, 1.54) is 25.0 Å². The molecule has 0 aromatic rings. The summed E-state index contributed by atoms with van der Waals surface area (Å²) in [5, 5.41) is 6.39. The first-order chi connectivity index (χ1) is 7.33. The maximum absolute atomic E-state index is 11.3. The number of thioether (sulfide) groups is 1. The van der Waals surface area contributed by atoms with Crippen LogP contribution in [0.1, 0.15) is 19.3 Å². The molecule has 1 fully saturated rings. The van der Waals surface area contributed by atoms with E-state index in [9.17, 15) is 4.79 Å². The molecule has 0 aromatic heterocycles. The van der Waals surface area contributed by atoms with Gasteiger partial charge in [-0.1, -0.05) is 12.3 Å². The van der Waals surface area contributed by atoms with Crippen molar-refractivity contribution in [3.8, 4) is 12.3 Å². The summed E-state index contributed by atoms with van der Waals surface area (Å²) in [5.41, 5.74) is 0. The van der Waals surface area contributed by atoms with Crippen LogP contribution in [0.25, 0.3) is 0 Å². The Kier molecular flexibility index (Phi) is 6.29. The van der Waals surface area contributed by atoms with Gasteiger partial charge < -0.3 is 5.32 Å². The van der Waals surface area contributed by atoms with Crippen molar-refractivity contribution in [1.29, 1.82) is 0 Å². The molecule has 1 unspecified atom stereocenters. The topological polar surface area (TPSA) is 41.1 Å². The summed E-state index contributed by atoms with van der Waals surface area (Å²) >= 11 is 1.97. The van der Waals surface area contributed by atoms with Crippen LogP contribution < -0.4 is 10.6 Å². The number of amides is 1. The lowest BCUT2D eigenvalue weighted by atomic mass is 10.2. The van der Waals surface area contributed by atoms with Crippen molar-refractivity contribution in [1.82, 2.24) is 10.6 Å². The van der Waals surface area contributed by atoms with Crippen molar-refractivity contribution in [3.05, 3.63) is 0 Å². The third-order valence-electron chi connectivity index (χ3n) is 2.31. The Labute approximate surface area is 95.8 Å². The molecule has 1 atom stereocenters. The zero-order chi connectivity index (χ0) is 10.9. The molecule has 1 saturated heterocycles. The van der Waals surface area contributed by atoms with Crippen molar-refractivity contribution in [3.63, 3.8) is 0 Å². The van der Waals surface area contributed by atoms with Gasteiger partial charge in [-0.3, -0.25) is 10.1 Å². The van der Waals surface area contributed by atoms with E-state index < -0.39 is 0 Å². The van der Waals surface area contributed by atoms with E-state index in [4.69, 9.17) is 6.42 Å². The zero-order valence-corrected chi connectivity index (χ0v) is 9.74. The minimum absolute atomic E-state index is 0.0384. The SMILES string of the molecule is C#CCNCC(=O)NCC1CCCCS1. The van der Waals surface area contributed by atoms with E-state index >= 15 is 0 Å². The predicted molar refractivity (Wildman–Crippen MR) is 64.8 cm³/mol. The lowest BCUT2D eigenvalue weighted by molar-refractivity contribution is -0.120. The Morgan fingerprint density at radius 2 is 2.40 bits per heavy atom. The molecule has 0 aromatic carbocycles. The van der Waals surface area contributed by atoms with Gasteiger partial charge in [0.15, 0.2) is 0 Å². The second-order valence-electron chi connectivity index (χ2n) is 3.60. The lowest BCUT2D eigenvalue weighted by Gasteiger charge is -2.21. The van der Waals surface area contributed by atoms with Crippen LogP contribution in [0, 0.1) is 12.3 Å². The Balaban J connectivity index is 2.03. The molecule has 0 saturated carbocycles. The van der Waals surface area contributed by atoms with Crippen LogP contribution in [-0.2, 0) is 4.79 Å². The molecule has 0 radical (unpaired) electrons. The van der Waals surface area contributed by atoms with E-state index in [0.29, 0.717) is 18.3 Å². The fraction of sp³-hybridized carbons (Fsp3) is 0.727. The number of rotatable bonds is 5. The summed E-state index contributed by atoms with van der Waals surface area (Å²) in [7, 11) is 0. The Hall–Kier alpha value is -0.660. The predicted octanol–water partition coefficient (Wildman–Crippen LogP) is 0.611. The van der Waals surface area contributed by atoms with Gasteiger partial charge in [-0.05, 0) is 18.6 Å². The Morgan fingerprint density at radius 3 is 3.07 bits per heavy atom. The van der Waals surface area contributed by atoms with Crippen LogP contribution >= 0.6 is 11.8 Å². The molecule has 1 aliphatic heterocycles. The molecule has 3 nitrogen and oxygen atoms in total. The highest BCUT2D eigenvalue weighted by Gasteiger charge is 2.14. The molecule has 2 N–H and O–H groups in total. The molecule has 1 amide bonds. The first-order valence-corrected chi connectivity index (χ1v) is 6.40. The highest BCUT2D eigenvalue weighted by Crippen LogP contribution is 2.24. The third kappa shape index (κ3) is 5.71. The lowest BCUT2D eigenvalue weighted by Crippen LogP contribution is -2.38. The molecule has 1 rings (SSSR count). The van der Waals surface area contributed by atoms with Gasteiger partial charge >= 0.3 is 0 Å². The average Bonchev–Trinajstić information content (AvgIpc) is 2.28. The van der Waals surface area contributed by atoms with Crippen LogP contribution in [0.5, 0.6) is 0 Å². The van der Waals surface area contributed by atoms with Gasteiger partial charge in [0.25, 0.3) is 0 Å². The van der Waals surface area contributed by atoms with Gasteiger partial charge in [0.05, 0.1) is 13.1 Å². The number of terminal acetylenes is 1. The number of carbonyl (C=O) groups excluding carboxylic acids is 1. The number of hydrogen-bond acceptors (Lipinski definition) is 3. The minimum atomic E-state index is 0.0384. The van der Waals surface area contributed by atoms with E-state index in [0.717, 1.165) is 6.54 Å². The minimum Gasteiger partial charge on any atom is -0.354 e. The first-order valence-electron chi connectivity index (χ1n) is 5.35. The normalized spacial score (nSPS) is 20.6. The van der Waals surface area contributed by atoms with Crippen LogP contribution in [-0.4, -0.2) is 36.5 Å². The van der Waals surface area contributed by atoms with Gasteiger partial charge in [0.2, 0.25) is 5.91 Å². The van der Waals surface area contributed by atoms with E-state index in [2.05, 4.69) is 16.6 Å². The summed E-state index contributed by atoms with van der Waals surface area (Å²) in [6.07, 6.45) is 8.90. The number of carbonyl (C=O) groups is 1. The maximum atomic E-state index is 11.3. The van der Waals surface area contributed by atoms with E-state index in [1.54, 1.807) is 0 Å². The fourth-order valence-corrected chi connectivity index (χ4v) is 2.75. The van der Waals surface area contributed by atoms with Crippen LogP contribution in [0.4, 0.5) is 0 Å². The molecule has 4 heteroatoms. The van der Waals surface area contributed by atoms with E-state index in [-0.39, 0.29) is 5.91 Å². The monoisotopic (exact) mass is 226 g/mol. The summed E-state index contributed by atoms with van der Waals surface area (Å²) in [6, 6.07) is 0. The molecule has 0 bridgehead atoms. The van der Waals surface area contributed by atoms with Crippen molar-refractivity contribution in [2.24, 2.45) is 0 Å². The summed E-state index contributed by atoms with van der Waals surface area (Å²) in [5.74, 6) is 3.70. The van der Waals surface area contributed by atoms with Gasteiger partial charge in [-0.2, -0.15) is 11.8 Å².